The van der Waals surface area contributed by atoms with Crippen molar-refractivity contribution in [1.82, 2.24) is 0 Å². The molecule has 5 aliphatic carbocycles. The molecule has 0 spiro atoms. The Hall–Kier alpha value is 0. The fourth-order valence-electron chi connectivity index (χ4n) is 12.6. The van der Waals surface area contributed by atoms with Crippen LogP contribution in [0, 0.1) is 118 Å². The summed E-state index contributed by atoms with van der Waals surface area (Å²) in [5, 5.41) is 0. The third-order valence-electron chi connectivity index (χ3n) is 14.9. The molecular formula is C38H68. The standard InChI is InChI=1S/C38H68/c1-14-28-23(7)29(28)15-20(4)34-24(8)30(34)16-21(5)35-25(9)31(35)17-22(6)36-26(10)32(36)18-38(12,13)37-27(11)33(37)19(2)3/h19-37H,14-18H2,1-13H3. The molecule has 0 nitrogen and oxygen atoms in total. The van der Waals surface area contributed by atoms with Crippen LogP contribution in [0.15, 0.2) is 0 Å². The molecule has 5 saturated carbocycles. The van der Waals surface area contributed by atoms with Gasteiger partial charge in [0.25, 0.3) is 0 Å². The molecule has 5 rings (SSSR count). The highest BCUT2D eigenvalue weighted by Gasteiger charge is 2.61. The molecule has 0 heterocycles. The summed E-state index contributed by atoms with van der Waals surface area (Å²) in [6, 6.07) is 0. The van der Waals surface area contributed by atoms with Crippen LogP contribution in [0.2, 0.25) is 0 Å². The zero-order valence-electron chi connectivity index (χ0n) is 28.0. The van der Waals surface area contributed by atoms with Crippen LogP contribution in [-0.4, -0.2) is 0 Å². The molecule has 0 aromatic carbocycles. The highest BCUT2D eigenvalue weighted by atomic mass is 14.7. The van der Waals surface area contributed by atoms with Gasteiger partial charge in [0.2, 0.25) is 0 Å². The largest absolute Gasteiger partial charge is 0.0651 e. The summed E-state index contributed by atoms with van der Waals surface area (Å²) in [6.45, 7) is 33.3. The average molecular weight is 525 g/mol. The van der Waals surface area contributed by atoms with E-state index in [1.807, 2.05) is 0 Å². The fraction of sp³-hybridized carbons (Fsp3) is 1.00. The van der Waals surface area contributed by atoms with Crippen LogP contribution in [0.3, 0.4) is 0 Å². The molecule has 0 amide bonds. The van der Waals surface area contributed by atoms with E-state index in [2.05, 4.69) is 90.0 Å². The summed E-state index contributed by atoms with van der Waals surface area (Å²) in [5.74, 6) is 18.8. The Morgan fingerprint density at radius 2 is 0.921 bits per heavy atom. The second-order valence-corrected chi connectivity index (χ2v) is 17.9. The lowest BCUT2D eigenvalue weighted by Gasteiger charge is -2.27. The van der Waals surface area contributed by atoms with Gasteiger partial charge in [0.1, 0.15) is 0 Å². The van der Waals surface area contributed by atoms with E-state index in [-0.39, 0.29) is 0 Å². The monoisotopic (exact) mass is 525 g/mol. The van der Waals surface area contributed by atoms with Crippen molar-refractivity contribution in [3.8, 4) is 0 Å². The summed E-state index contributed by atoms with van der Waals surface area (Å²) in [4.78, 5) is 0. The van der Waals surface area contributed by atoms with Crippen molar-refractivity contribution in [2.24, 2.45) is 118 Å². The van der Waals surface area contributed by atoms with E-state index in [0.717, 1.165) is 112 Å². The van der Waals surface area contributed by atoms with E-state index in [1.165, 1.54) is 32.1 Å². The molecule has 0 aromatic rings. The lowest BCUT2D eigenvalue weighted by atomic mass is 9.78. The molecule has 220 valence electrons. The van der Waals surface area contributed by atoms with Gasteiger partial charge in [-0.25, -0.2) is 0 Å². The first-order chi connectivity index (χ1) is 17.7. The summed E-state index contributed by atoms with van der Waals surface area (Å²) in [5.41, 5.74) is 0.537. The Labute approximate surface area is 239 Å². The maximum atomic E-state index is 2.64. The lowest BCUT2D eigenvalue weighted by molar-refractivity contribution is 0.223. The highest BCUT2D eigenvalue weighted by molar-refractivity contribution is 5.09. The van der Waals surface area contributed by atoms with E-state index >= 15 is 0 Å². The van der Waals surface area contributed by atoms with Crippen LogP contribution in [0.5, 0.6) is 0 Å². The van der Waals surface area contributed by atoms with Gasteiger partial charge in [-0.05, 0) is 144 Å². The smallest absolute Gasteiger partial charge is 0.0301 e. The normalized spacial score (nSPS) is 51.5. The summed E-state index contributed by atoms with van der Waals surface area (Å²) < 4.78 is 0. The molecule has 18 atom stereocenters. The van der Waals surface area contributed by atoms with Gasteiger partial charge in [-0.3, -0.25) is 0 Å². The first kappa shape index (κ1) is 29.5. The second kappa shape index (κ2) is 10.4. The predicted octanol–water partition coefficient (Wildman–Crippen LogP) is 11.0. The van der Waals surface area contributed by atoms with E-state index < -0.39 is 0 Å². The molecule has 38 heavy (non-hydrogen) atoms. The van der Waals surface area contributed by atoms with Gasteiger partial charge in [0.15, 0.2) is 0 Å². The molecule has 0 radical (unpaired) electrons. The minimum absolute atomic E-state index is 0.537. The first-order valence-corrected chi connectivity index (χ1v) is 17.7. The molecule has 5 fully saturated rings. The first-order valence-electron chi connectivity index (χ1n) is 17.7. The van der Waals surface area contributed by atoms with E-state index in [1.54, 1.807) is 0 Å². The third-order valence-corrected chi connectivity index (χ3v) is 14.9. The van der Waals surface area contributed by atoms with Crippen molar-refractivity contribution in [2.45, 2.75) is 122 Å². The van der Waals surface area contributed by atoms with Crippen molar-refractivity contribution >= 4 is 0 Å². The Morgan fingerprint density at radius 3 is 1.32 bits per heavy atom. The minimum Gasteiger partial charge on any atom is -0.0651 e. The van der Waals surface area contributed by atoms with Crippen LogP contribution >= 0.6 is 0 Å². The van der Waals surface area contributed by atoms with Crippen molar-refractivity contribution in [2.75, 3.05) is 0 Å². The van der Waals surface area contributed by atoms with Gasteiger partial charge in [-0.15, -0.1) is 0 Å². The van der Waals surface area contributed by atoms with Crippen LogP contribution < -0.4 is 0 Å². The van der Waals surface area contributed by atoms with Gasteiger partial charge in [-0.2, -0.15) is 0 Å². The molecule has 0 heteroatoms. The molecule has 5 aliphatic rings. The molecule has 0 N–H and O–H groups in total. The fourth-order valence-corrected chi connectivity index (χ4v) is 12.6. The van der Waals surface area contributed by atoms with Crippen molar-refractivity contribution in [3.05, 3.63) is 0 Å². The highest BCUT2D eigenvalue weighted by Crippen LogP contribution is 2.67. The molecule has 0 saturated heterocycles. The van der Waals surface area contributed by atoms with Gasteiger partial charge in [-0.1, -0.05) is 96.4 Å². The van der Waals surface area contributed by atoms with Crippen molar-refractivity contribution < 1.29 is 0 Å². The maximum Gasteiger partial charge on any atom is -0.0301 e. The number of rotatable bonds is 14. The van der Waals surface area contributed by atoms with Crippen molar-refractivity contribution in [3.63, 3.8) is 0 Å². The Balaban J connectivity index is 1.06. The van der Waals surface area contributed by atoms with E-state index in [4.69, 9.17) is 0 Å². The molecule has 0 bridgehead atoms. The Bertz CT molecular complexity index is 822. The summed E-state index contributed by atoms with van der Waals surface area (Å²) in [7, 11) is 0. The lowest BCUT2D eigenvalue weighted by Crippen LogP contribution is -2.19. The number of hydrogen-bond acceptors (Lipinski definition) is 0. The summed E-state index contributed by atoms with van der Waals surface area (Å²) in [6.07, 6.45) is 7.47. The Morgan fingerprint density at radius 1 is 0.500 bits per heavy atom. The maximum absolute atomic E-state index is 2.64. The van der Waals surface area contributed by atoms with Crippen LogP contribution in [0.25, 0.3) is 0 Å². The van der Waals surface area contributed by atoms with E-state index in [0.29, 0.717) is 5.41 Å². The molecular weight excluding hydrogens is 456 g/mol. The van der Waals surface area contributed by atoms with Gasteiger partial charge in [0.05, 0.1) is 0 Å². The number of hydrogen-bond donors (Lipinski definition) is 0. The van der Waals surface area contributed by atoms with Crippen LogP contribution in [0.1, 0.15) is 122 Å². The van der Waals surface area contributed by atoms with Crippen molar-refractivity contribution in [1.29, 1.82) is 0 Å². The van der Waals surface area contributed by atoms with E-state index in [9.17, 15) is 0 Å². The topological polar surface area (TPSA) is 0 Å². The predicted molar refractivity (Wildman–Crippen MR) is 166 cm³/mol. The zero-order chi connectivity index (χ0) is 28.0. The summed E-state index contributed by atoms with van der Waals surface area (Å²) >= 11 is 0. The van der Waals surface area contributed by atoms with Gasteiger partial charge >= 0.3 is 0 Å². The second-order valence-electron chi connectivity index (χ2n) is 17.9. The average Bonchev–Trinajstić information content (AvgIpc) is 3.70. The van der Waals surface area contributed by atoms with Crippen LogP contribution in [0.4, 0.5) is 0 Å². The quantitative estimate of drug-likeness (QED) is 0.212. The van der Waals surface area contributed by atoms with Crippen LogP contribution in [-0.2, 0) is 0 Å². The molecule has 18 unspecified atom stereocenters. The molecule has 0 aromatic heterocycles. The minimum atomic E-state index is 0.537. The Kier molecular flexibility index (Phi) is 8.05. The van der Waals surface area contributed by atoms with Gasteiger partial charge < -0.3 is 0 Å². The SMILES string of the molecule is CCC1C(C)C1CC(C)C1C(C)C1CC(C)C1C(C)C1CC(C)C1C(C)C1CC(C)(C)C1C(C)C1C(C)C. The zero-order valence-corrected chi connectivity index (χ0v) is 28.0. The van der Waals surface area contributed by atoms with Gasteiger partial charge in [0, 0.05) is 0 Å². The third kappa shape index (κ3) is 5.33. The molecule has 0 aliphatic heterocycles.